The molecule has 1 aromatic heterocycles. The van der Waals surface area contributed by atoms with E-state index in [2.05, 4.69) is 39.8 Å². The molecule has 0 unspecified atom stereocenters. The van der Waals surface area contributed by atoms with Gasteiger partial charge in [-0.2, -0.15) is 0 Å². The van der Waals surface area contributed by atoms with Crippen LogP contribution in [0.25, 0.3) is 0 Å². The lowest BCUT2D eigenvalue weighted by Crippen LogP contribution is -2.41. The number of nitrogens with zero attached hydrogens (tertiary/aromatic N) is 2. The van der Waals surface area contributed by atoms with Gasteiger partial charge in [0.1, 0.15) is 4.88 Å². The number of benzene rings is 1. The largest absolute Gasteiger partial charge is 0.378 e. The third-order valence-electron chi connectivity index (χ3n) is 4.66. The molecule has 1 fully saturated rings. The van der Waals surface area contributed by atoms with Gasteiger partial charge in [0.15, 0.2) is 5.13 Å². The summed E-state index contributed by atoms with van der Waals surface area (Å²) in [6.07, 6.45) is 1.94. The van der Waals surface area contributed by atoms with Gasteiger partial charge in [-0.1, -0.05) is 42.5 Å². The van der Waals surface area contributed by atoms with Crippen LogP contribution < -0.4 is 15.8 Å². The first-order chi connectivity index (χ1) is 13.6. The lowest BCUT2D eigenvalue weighted by molar-refractivity contribution is -0.121. The number of anilines is 1. The van der Waals surface area contributed by atoms with Crippen molar-refractivity contribution >= 4 is 28.3 Å². The molecule has 7 nitrogen and oxygen atoms in total. The molecule has 0 aliphatic carbocycles. The Morgan fingerprint density at radius 2 is 1.82 bits per heavy atom. The zero-order valence-electron chi connectivity index (χ0n) is 16.3. The maximum absolute atomic E-state index is 12.4. The van der Waals surface area contributed by atoms with Crippen molar-refractivity contribution in [2.24, 2.45) is 0 Å². The van der Waals surface area contributed by atoms with E-state index >= 15 is 0 Å². The topological polar surface area (TPSA) is 83.6 Å². The Bertz CT molecular complexity index is 813. The first-order valence-corrected chi connectivity index (χ1v) is 10.4. The van der Waals surface area contributed by atoms with Gasteiger partial charge in [0.25, 0.3) is 5.91 Å². The summed E-state index contributed by atoms with van der Waals surface area (Å²) in [7, 11) is 0. The van der Waals surface area contributed by atoms with Crippen LogP contribution in [0.5, 0.6) is 0 Å². The van der Waals surface area contributed by atoms with Gasteiger partial charge in [0, 0.05) is 19.5 Å². The van der Waals surface area contributed by atoms with Crippen LogP contribution in [0.3, 0.4) is 0 Å². The fraction of sp³-hybridized carbons (Fsp3) is 0.450. The van der Waals surface area contributed by atoms with Crippen LogP contribution in [-0.4, -0.2) is 43.1 Å². The van der Waals surface area contributed by atoms with Gasteiger partial charge in [-0.3, -0.25) is 20.4 Å². The Morgan fingerprint density at radius 1 is 1.14 bits per heavy atom. The van der Waals surface area contributed by atoms with E-state index in [1.54, 1.807) is 6.92 Å². The number of rotatable bonds is 6. The monoisotopic (exact) mass is 402 g/mol. The molecule has 2 aromatic rings. The number of nitrogens with one attached hydrogen (secondary N) is 2. The van der Waals surface area contributed by atoms with E-state index in [0.29, 0.717) is 36.6 Å². The minimum absolute atomic E-state index is 0.219. The second kappa shape index (κ2) is 9.66. The summed E-state index contributed by atoms with van der Waals surface area (Å²) in [5, 5.41) is 0.813. The number of hydrazine groups is 1. The molecule has 3 rings (SSSR count). The fourth-order valence-corrected chi connectivity index (χ4v) is 3.94. The maximum atomic E-state index is 12.4. The van der Waals surface area contributed by atoms with Crippen LogP contribution in [0.1, 0.15) is 39.8 Å². The lowest BCUT2D eigenvalue weighted by atomic mass is 10.1. The summed E-state index contributed by atoms with van der Waals surface area (Å²) in [6.45, 7) is 6.78. The molecule has 2 heterocycles. The van der Waals surface area contributed by atoms with Crippen LogP contribution in [0.4, 0.5) is 5.13 Å². The highest BCUT2D eigenvalue weighted by atomic mass is 32.1. The van der Waals surface area contributed by atoms with Crippen molar-refractivity contribution in [3.8, 4) is 0 Å². The molecule has 150 valence electrons. The predicted molar refractivity (Wildman–Crippen MR) is 110 cm³/mol. The molecule has 0 atom stereocenters. The minimum atomic E-state index is -0.338. The number of morpholine rings is 1. The molecule has 2 amide bonds. The highest BCUT2D eigenvalue weighted by Gasteiger charge is 2.20. The van der Waals surface area contributed by atoms with Gasteiger partial charge >= 0.3 is 0 Å². The lowest BCUT2D eigenvalue weighted by Gasteiger charge is -2.25. The molecule has 1 aromatic carbocycles. The SMILES string of the molecule is CCc1ccc(CCC(=O)NNC(=O)c2sc(N3CCOCC3)nc2C)cc1. The second-order valence-electron chi connectivity index (χ2n) is 6.68. The molecule has 0 saturated carbocycles. The zero-order chi connectivity index (χ0) is 19.9. The summed E-state index contributed by atoms with van der Waals surface area (Å²) in [5.41, 5.74) is 8.04. The van der Waals surface area contributed by atoms with E-state index in [4.69, 9.17) is 4.74 Å². The maximum Gasteiger partial charge on any atom is 0.281 e. The first-order valence-electron chi connectivity index (χ1n) is 9.54. The molecule has 1 aliphatic rings. The number of aromatic nitrogens is 1. The number of hydrogen-bond donors (Lipinski definition) is 2. The number of aryl methyl sites for hydroxylation is 3. The van der Waals surface area contributed by atoms with Crippen molar-refractivity contribution in [3.63, 3.8) is 0 Å². The quantitative estimate of drug-likeness (QED) is 0.724. The van der Waals surface area contributed by atoms with Crippen molar-refractivity contribution in [1.82, 2.24) is 15.8 Å². The van der Waals surface area contributed by atoms with Crippen LogP contribution in [0.15, 0.2) is 24.3 Å². The van der Waals surface area contributed by atoms with E-state index in [9.17, 15) is 9.59 Å². The number of hydrogen-bond acceptors (Lipinski definition) is 6. The average molecular weight is 403 g/mol. The smallest absolute Gasteiger partial charge is 0.281 e. The minimum Gasteiger partial charge on any atom is -0.378 e. The zero-order valence-corrected chi connectivity index (χ0v) is 17.1. The standard InChI is InChI=1S/C20H26N4O3S/c1-3-15-4-6-16(7-5-15)8-9-17(25)22-23-19(26)18-14(2)21-20(28-18)24-10-12-27-13-11-24/h4-7H,3,8-13H2,1-2H3,(H,22,25)(H,23,26). The highest BCUT2D eigenvalue weighted by Crippen LogP contribution is 2.26. The number of carbonyl (C=O) groups is 2. The Kier molecular flexibility index (Phi) is 7.00. The molecule has 0 radical (unpaired) electrons. The van der Waals surface area contributed by atoms with Gasteiger partial charge in [-0.05, 0) is 30.9 Å². The summed E-state index contributed by atoms with van der Waals surface area (Å²) in [6, 6.07) is 8.23. The van der Waals surface area contributed by atoms with E-state index in [-0.39, 0.29) is 11.8 Å². The van der Waals surface area contributed by atoms with Gasteiger partial charge < -0.3 is 9.64 Å². The molecule has 0 spiro atoms. The van der Waals surface area contributed by atoms with Crippen molar-refractivity contribution in [2.45, 2.75) is 33.1 Å². The Balaban J connectivity index is 1.47. The van der Waals surface area contributed by atoms with Crippen molar-refractivity contribution in [1.29, 1.82) is 0 Å². The Morgan fingerprint density at radius 3 is 2.50 bits per heavy atom. The number of carbonyl (C=O) groups excluding carboxylic acids is 2. The second-order valence-corrected chi connectivity index (χ2v) is 7.66. The normalized spacial score (nSPS) is 14.0. The fourth-order valence-electron chi connectivity index (χ4n) is 2.93. The van der Waals surface area contributed by atoms with Gasteiger partial charge in [-0.15, -0.1) is 0 Å². The summed E-state index contributed by atoms with van der Waals surface area (Å²) < 4.78 is 5.35. The van der Waals surface area contributed by atoms with E-state index < -0.39 is 0 Å². The van der Waals surface area contributed by atoms with Crippen molar-refractivity contribution in [3.05, 3.63) is 46.0 Å². The van der Waals surface area contributed by atoms with Crippen LogP contribution in [0, 0.1) is 6.92 Å². The molecule has 1 saturated heterocycles. The molecule has 28 heavy (non-hydrogen) atoms. The van der Waals surface area contributed by atoms with E-state index in [1.165, 1.54) is 16.9 Å². The van der Waals surface area contributed by atoms with Crippen LogP contribution in [-0.2, 0) is 22.4 Å². The Hall–Kier alpha value is -2.45. The summed E-state index contributed by atoms with van der Waals surface area (Å²) in [5.74, 6) is -0.557. The van der Waals surface area contributed by atoms with Gasteiger partial charge in [-0.25, -0.2) is 4.98 Å². The van der Waals surface area contributed by atoms with Gasteiger partial charge in [0.05, 0.1) is 18.9 Å². The first kappa shape index (κ1) is 20.3. The number of thiazole rings is 1. The highest BCUT2D eigenvalue weighted by molar-refractivity contribution is 7.17. The van der Waals surface area contributed by atoms with Gasteiger partial charge in [0.2, 0.25) is 5.91 Å². The van der Waals surface area contributed by atoms with E-state index in [1.807, 2.05) is 12.1 Å². The summed E-state index contributed by atoms with van der Waals surface area (Å²) >= 11 is 1.34. The Labute approximate surface area is 169 Å². The molecular formula is C20H26N4O3S. The molecule has 1 aliphatic heterocycles. The van der Waals surface area contributed by atoms with E-state index in [0.717, 1.165) is 30.2 Å². The molecule has 0 bridgehead atoms. The molecule has 2 N–H and O–H groups in total. The van der Waals surface area contributed by atoms with Crippen molar-refractivity contribution in [2.75, 3.05) is 31.2 Å². The average Bonchev–Trinajstić information content (AvgIpc) is 3.13. The molecule has 8 heteroatoms. The summed E-state index contributed by atoms with van der Waals surface area (Å²) in [4.78, 5) is 31.6. The number of amides is 2. The predicted octanol–water partition coefficient (Wildman–Crippen LogP) is 2.24. The molecular weight excluding hydrogens is 376 g/mol. The van der Waals surface area contributed by atoms with Crippen LogP contribution >= 0.6 is 11.3 Å². The third-order valence-corrected chi connectivity index (χ3v) is 5.88. The van der Waals surface area contributed by atoms with Crippen molar-refractivity contribution < 1.29 is 14.3 Å². The van der Waals surface area contributed by atoms with Crippen LogP contribution in [0.2, 0.25) is 0 Å². The third kappa shape index (κ3) is 5.30. The number of ether oxygens (including phenoxy) is 1.